The lowest BCUT2D eigenvalue weighted by atomic mass is 9.88. The molecular weight excluding hydrogens is 368 g/mol. The highest BCUT2D eigenvalue weighted by Gasteiger charge is 2.24. The predicted octanol–water partition coefficient (Wildman–Crippen LogP) is 2.52. The van der Waals surface area contributed by atoms with Gasteiger partial charge in [-0.15, -0.1) is 0 Å². The summed E-state index contributed by atoms with van der Waals surface area (Å²) in [7, 11) is 0. The standard InChI is InChI=1S/C22H34N4O3/c23-15-16-5-7-18(8-6-16)29-14-4-2-1-3-11-25-19-20(22(28)21(19)27)26-17-9-12-24-13-10-17/h16-18,24-26H,1-14H2. The van der Waals surface area contributed by atoms with Crippen LogP contribution in [0, 0.1) is 17.2 Å². The summed E-state index contributed by atoms with van der Waals surface area (Å²) in [5, 5.41) is 18.6. The van der Waals surface area contributed by atoms with Crippen LogP contribution >= 0.6 is 0 Å². The van der Waals surface area contributed by atoms with E-state index in [0.29, 0.717) is 24.0 Å². The van der Waals surface area contributed by atoms with Crippen molar-refractivity contribution < 1.29 is 4.74 Å². The van der Waals surface area contributed by atoms with Crippen LogP contribution in [0.3, 0.4) is 0 Å². The number of piperidine rings is 1. The molecule has 29 heavy (non-hydrogen) atoms. The van der Waals surface area contributed by atoms with E-state index in [1.54, 1.807) is 0 Å². The number of nitrogens with one attached hydrogen (secondary N) is 3. The van der Waals surface area contributed by atoms with Crippen molar-refractivity contribution in [3.8, 4) is 6.07 Å². The molecule has 0 unspecified atom stereocenters. The maximum atomic E-state index is 11.9. The van der Waals surface area contributed by atoms with E-state index in [9.17, 15) is 9.59 Å². The molecule has 1 saturated heterocycles. The number of hydrogen-bond acceptors (Lipinski definition) is 7. The maximum Gasteiger partial charge on any atom is 0.253 e. The van der Waals surface area contributed by atoms with Crippen molar-refractivity contribution in [3.05, 3.63) is 20.4 Å². The molecule has 1 heterocycles. The fourth-order valence-corrected chi connectivity index (χ4v) is 4.27. The van der Waals surface area contributed by atoms with Crippen LogP contribution in [0.4, 0.5) is 11.4 Å². The zero-order chi connectivity index (χ0) is 20.5. The third-order valence-electron chi connectivity index (χ3n) is 6.18. The first-order valence-electron chi connectivity index (χ1n) is 11.2. The average Bonchev–Trinajstić information content (AvgIpc) is 2.77. The first-order valence-corrected chi connectivity index (χ1v) is 11.2. The zero-order valence-corrected chi connectivity index (χ0v) is 17.3. The average molecular weight is 403 g/mol. The smallest absolute Gasteiger partial charge is 0.253 e. The topological polar surface area (TPSA) is 103 Å². The minimum Gasteiger partial charge on any atom is -0.380 e. The summed E-state index contributed by atoms with van der Waals surface area (Å²) in [5.41, 5.74) is 0.194. The second kappa shape index (κ2) is 11.3. The van der Waals surface area contributed by atoms with E-state index in [2.05, 4.69) is 22.0 Å². The Morgan fingerprint density at radius 1 is 0.931 bits per heavy atom. The molecule has 3 N–H and O–H groups in total. The van der Waals surface area contributed by atoms with Gasteiger partial charge in [-0.05, 0) is 64.5 Å². The molecule has 1 aliphatic heterocycles. The van der Waals surface area contributed by atoms with Crippen LogP contribution in [-0.2, 0) is 4.74 Å². The third kappa shape index (κ3) is 6.28. The van der Waals surface area contributed by atoms with Gasteiger partial charge in [0.25, 0.3) is 10.9 Å². The maximum absolute atomic E-state index is 11.9. The molecule has 0 atom stereocenters. The molecule has 7 nitrogen and oxygen atoms in total. The van der Waals surface area contributed by atoms with Crippen LogP contribution in [0.15, 0.2) is 9.59 Å². The normalized spacial score (nSPS) is 23.0. The Bertz CT molecular complexity index is 736. The molecule has 0 bridgehead atoms. The lowest BCUT2D eigenvalue weighted by Gasteiger charge is -2.26. The Kier molecular flexibility index (Phi) is 8.51. The van der Waals surface area contributed by atoms with Gasteiger partial charge in [-0.3, -0.25) is 9.59 Å². The van der Waals surface area contributed by atoms with E-state index in [4.69, 9.17) is 10.00 Å². The third-order valence-corrected chi connectivity index (χ3v) is 6.18. The van der Waals surface area contributed by atoms with Crippen molar-refractivity contribution in [2.75, 3.05) is 36.9 Å². The number of nitriles is 1. The second-order valence-corrected chi connectivity index (χ2v) is 8.39. The minimum absolute atomic E-state index is 0.227. The number of hydrogen-bond donors (Lipinski definition) is 3. The highest BCUT2D eigenvalue weighted by atomic mass is 16.5. The van der Waals surface area contributed by atoms with Crippen LogP contribution in [0.2, 0.25) is 0 Å². The van der Waals surface area contributed by atoms with Crippen LogP contribution < -0.4 is 26.8 Å². The summed E-state index contributed by atoms with van der Waals surface area (Å²) < 4.78 is 5.93. The molecule has 7 heteroatoms. The van der Waals surface area contributed by atoms with E-state index in [1.165, 1.54) is 0 Å². The van der Waals surface area contributed by atoms with Gasteiger partial charge in [0, 0.05) is 25.1 Å². The molecule has 2 fully saturated rings. The Balaban J connectivity index is 1.24. The SMILES string of the molecule is N#CC1CCC(OCCCCCCNc2c(NC3CCNCC3)c(=O)c2=O)CC1. The van der Waals surface area contributed by atoms with Gasteiger partial charge in [0.2, 0.25) is 0 Å². The molecule has 1 aliphatic carbocycles. The number of nitrogens with zero attached hydrogens (tertiary/aromatic N) is 1. The number of rotatable bonds is 11. The molecule has 1 aromatic rings. The summed E-state index contributed by atoms with van der Waals surface area (Å²) in [5.74, 6) is 0.227. The first kappa shape index (κ1) is 21.8. The Morgan fingerprint density at radius 2 is 1.62 bits per heavy atom. The van der Waals surface area contributed by atoms with Crippen molar-refractivity contribution in [1.82, 2.24) is 5.32 Å². The van der Waals surface area contributed by atoms with Crippen molar-refractivity contribution in [2.45, 2.75) is 76.4 Å². The van der Waals surface area contributed by atoms with Gasteiger partial charge in [-0.25, -0.2) is 0 Å². The van der Waals surface area contributed by atoms with Gasteiger partial charge in [-0.2, -0.15) is 5.26 Å². The summed E-state index contributed by atoms with van der Waals surface area (Å²) >= 11 is 0. The summed E-state index contributed by atoms with van der Waals surface area (Å²) in [4.78, 5) is 23.7. The van der Waals surface area contributed by atoms with E-state index in [-0.39, 0.29) is 22.8 Å². The van der Waals surface area contributed by atoms with Gasteiger partial charge in [0.05, 0.1) is 12.2 Å². The quantitative estimate of drug-likeness (QED) is 0.386. The summed E-state index contributed by atoms with van der Waals surface area (Å²) in [6, 6.07) is 2.63. The van der Waals surface area contributed by atoms with Crippen molar-refractivity contribution >= 4 is 11.4 Å². The van der Waals surface area contributed by atoms with E-state index in [1.807, 2.05) is 0 Å². The number of anilines is 2. The monoisotopic (exact) mass is 402 g/mol. The van der Waals surface area contributed by atoms with Gasteiger partial charge in [0.1, 0.15) is 11.4 Å². The Labute approximate surface area is 172 Å². The fourth-order valence-electron chi connectivity index (χ4n) is 4.27. The van der Waals surface area contributed by atoms with Gasteiger partial charge in [0.15, 0.2) is 0 Å². The van der Waals surface area contributed by atoms with E-state index in [0.717, 1.165) is 83.9 Å². The molecule has 2 aliphatic rings. The highest BCUT2D eigenvalue weighted by molar-refractivity contribution is 5.74. The van der Waals surface area contributed by atoms with Gasteiger partial charge in [-0.1, -0.05) is 12.8 Å². The molecule has 0 amide bonds. The molecule has 3 rings (SSSR count). The fraction of sp³-hybridized carbons (Fsp3) is 0.773. The Hall–Kier alpha value is -1.91. The Morgan fingerprint density at radius 3 is 2.34 bits per heavy atom. The molecule has 160 valence electrons. The number of ether oxygens (including phenoxy) is 1. The van der Waals surface area contributed by atoms with Crippen molar-refractivity contribution in [2.24, 2.45) is 5.92 Å². The highest BCUT2D eigenvalue weighted by Crippen LogP contribution is 2.25. The molecule has 0 radical (unpaired) electrons. The summed E-state index contributed by atoms with van der Waals surface area (Å²) in [6.45, 7) is 3.39. The van der Waals surface area contributed by atoms with Crippen LogP contribution in [0.1, 0.15) is 64.2 Å². The lowest BCUT2D eigenvalue weighted by Crippen LogP contribution is -2.42. The van der Waals surface area contributed by atoms with Crippen molar-refractivity contribution in [1.29, 1.82) is 5.26 Å². The van der Waals surface area contributed by atoms with Crippen LogP contribution in [0.5, 0.6) is 0 Å². The van der Waals surface area contributed by atoms with Crippen LogP contribution in [0.25, 0.3) is 0 Å². The van der Waals surface area contributed by atoms with Crippen LogP contribution in [-0.4, -0.2) is 38.4 Å². The lowest BCUT2D eigenvalue weighted by molar-refractivity contribution is 0.0208. The minimum atomic E-state index is -0.388. The van der Waals surface area contributed by atoms with Gasteiger partial charge >= 0.3 is 0 Å². The van der Waals surface area contributed by atoms with Gasteiger partial charge < -0.3 is 20.7 Å². The second-order valence-electron chi connectivity index (χ2n) is 8.39. The van der Waals surface area contributed by atoms with E-state index < -0.39 is 0 Å². The predicted molar refractivity (Wildman–Crippen MR) is 115 cm³/mol. The molecule has 0 spiro atoms. The number of unbranched alkanes of at least 4 members (excludes halogenated alkanes) is 3. The van der Waals surface area contributed by atoms with E-state index >= 15 is 0 Å². The molecular formula is C22H34N4O3. The van der Waals surface area contributed by atoms with Crippen molar-refractivity contribution in [3.63, 3.8) is 0 Å². The molecule has 1 aromatic carbocycles. The summed E-state index contributed by atoms with van der Waals surface area (Å²) in [6.07, 6.45) is 10.4. The molecule has 1 saturated carbocycles. The zero-order valence-electron chi connectivity index (χ0n) is 17.3. The molecule has 0 aromatic heterocycles. The largest absolute Gasteiger partial charge is 0.380 e. The first-order chi connectivity index (χ1) is 14.2.